The number of thiocarbonyl (C=S) groups is 1. The molecule has 2 N–H and O–H groups in total. The molecule has 3 aromatic rings. The lowest BCUT2D eigenvalue weighted by molar-refractivity contribution is 0.0728. The van der Waals surface area contributed by atoms with Crippen LogP contribution in [0.1, 0.15) is 22.8 Å². The fourth-order valence-corrected chi connectivity index (χ4v) is 3.00. The minimum absolute atomic E-state index is 0.304. The molecule has 0 aliphatic carbocycles. The summed E-state index contributed by atoms with van der Waals surface area (Å²) >= 11 is 11.1. The highest BCUT2D eigenvalue weighted by atomic mass is 35.5. The monoisotopic (exact) mass is 483 g/mol. The number of carbonyl (C=O) groups is 1. The predicted molar refractivity (Wildman–Crippen MR) is 134 cm³/mol. The number of anilines is 1. The van der Waals surface area contributed by atoms with Gasteiger partial charge in [-0.1, -0.05) is 11.6 Å². The molecule has 9 heteroatoms. The lowest BCUT2D eigenvalue weighted by Gasteiger charge is -2.11. The van der Waals surface area contributed by atoms with Crippen LogP contribution in [-0.4, -0.2) is 31.0 Å². The van der Waals surface area contributed by atoms with Crippen molar-refractivity contribution in [3.05, 3.63) is 82.9 Å². The molecule has 7 nitrogen and oxygen atoms in total. The minimum Gasteiger partial charge on any atom is -0.497 e. The number of hydrazone groups is 1. The number of nitrogens with zero attached hydrogens (tertiary/aromatic N) is 1. The molecule has 33 heavy (non-hydrogen) atoms. The Bertz CT molecular complexity index is 1140. The van der Waals surface area contributed by atoms with E-state index in [2.05, 4.69) is 15.8 Å². The second-order valence-corrected chi connectivity index (χ2v) is 7.43. The van der Waals surface area contributed by atoms with E-state index >= 15 is 0 Å². The third kappa shape index (κ3) is 7.20. The van der Waals surface area contributed by atoms with E-state index in [1.54, 1.807) is 55.8 Å². The highest BCUT2D eigenvalue weighted by Crippen LogP contribution is 2.29. The van der Waals surface area contributed by atoms with E-state index in [-0.39, 0.29) is 0 Å². The van der Waals surface area contributed by atoms with Crippen molar-refractivity contribution in [2.24, 2.45) is 5.10 Å². The van der Waals surface area contributed by atoms with Gasteiger partial charge in [-0.2, -0.15) is 5.10 Å². The molecular weight excluding hydrogens is 462 g/mol. The van der Waals surface area contributed by atoms with Crippen LogP contribution >= 0.6 is 23.8 Å². The third-order valence-electron chi connectivity index (χ3n) is 4.28. The van der Waals surface area contributed by atoms with Crippen LogP contribution in [0.3, 0.4) is 0 Å². The fraction of sp³-hybridized carbons (Fsp3) is 0.125. The van der Waals surface area contributed by atoms with Crippen molar-refractivity contribution in [2.75, 3.05) is 19.0 Å². The molecule has 0 amide bonds. The van der Waals surface area contributed by atoms with Crippen molar-refractivity contribution >= 4 is 46.8 Å². The second kappa shape index (κ2) is 11.8. The maximum Gasteiger partial charge on any atom is 0.343 e. The Morgan fingerprint density at radius 2 is 1.79 bits per heavy atom. The molecule has 0 bridgehead atoms. The number of carbonyl (C=O) groups excluding carboxylic acids is 1. The van der Waals surface area contributed by atoms with E-state index < -0.39 is 5.97 Å². The Balaban J connectivity index is 1.62. The number of hydrogen-bond donors (Lipinski definition) is 2. The lowest BCUT2D eigenvalue weighted by atomic mass is 10.2. The van der Waals surface area contributed by atoms with Crippen molar-refractivity contribution in [1.29, 1.82) is 0 Å². The first-order valence-electron chi connectivity index (χ1n) is 9.97. The number of benzene rings is 3. The van der Waals surface area contributed by atoms with Crippen molar-refractivity contribution in [2.45, 2.75) is 6.92 Å². The van der Waals surface area contributed by atoms with E-state index in [9.17, 15) is 4.79 Å². The highest BCUT2D eigenvalue weighted by molar-refractivity contribution is 7.80. The van der Waals surface area contributed by atoms with Crippen molar-refractivity contribution < 1.29 is 19.0 Å². The van der Waals surface area contributed by atoms with Crippen LogP contribution in [0.25, 0.3) is 0 Å². The van der Waals surface area contributed by atoms with Crippen LogP contribution in [0, 0.1) is 0 Å². The summed E-state index contributed by atoms with van der Waals surface area (Å²) in [6.07, 6.45) is 1.58. The quantitative estimate of drug-likeness (QED) is 0.148. The first-order valence-corrected chi connectivity index (χ1v) is 10.8. The summed E-state index contributed by atoms with van der Waals surface area (Å²) in [5.41, 5.74) is 4.66. The van der Waals surface area contributed by atoms with Gasteiger partial charge in [-0.3, -0.25) is 5.43 Å². The van der Waals surface area contributed by atoms with Gasteiger partial charge >= 0.3 is 5.97 Å². The normalized spacial score (nSPS) is 10.5. The van der Waals surface area contributed by atoms with Gasteiger partial charge in [0.15, 0.2) is 16.6 Å². The zero-order chi connectivity index (χ0) is 23.6. The maximum absolute atomic E-state index is 12.4. The van der Waals surface area contributed by atoms with Crippen molar-refractivity contribution in [3.63, 3.8) is 0 Å². The van der Waals surface area contributed by atoms with Gasteiger partial charge in [-0.05, 0) is 91.4 Å². The van der Waals surface area contributed by atoms with Crippen LogP contribution in [0.15, 0.2) is 71.8 Å². The Labute approximate surface area is 202 Å². The van der Waals surface area contributed by atoms with Gasteiger partial charge in [0.2, 0.25) is 0 Å². The van der Waals surface area contributed by atoms with Crippen LogP contribution in [0.4, 0.5) is 5.69 Å². The zero-order valence-corrected chi connectivity index (χ0v) is 19.6. The molecule has 0 radical (unpaired) electrons. The summed E-state index contributed by atoms with van der Waals surface area (Å²) in [7, 11) is 1.61. The largest absolute Gasteiger partial charge is 0.497 e. The molecule has 0 spiro atoms. The fourth-order valence-electron chi connectivity index (χ4n) is 2.70. The van der Waals surface area contributed by atoms with Gasteiger partial charge in [-0.25, -0.2) is 4.79 Å². The SMILES string of the molecule is CCOc1cc(/C=N\NC(=S)Nc2ccc(OC)cc2)ccc1OC(=O)c1ccc(Cl)cc1. The predicted octanol–water partition coefficient (Wildman–Crippen LogP) is 5.29. The molecule has 0 fully saturated rings. The Morgan fingerprint density at radius 3 is 2.45 bits per heavy atom. The minimum atomic E-state index is -0.509. The van der Waals surface area contributed by atoms with Crippen LogP contribution in [0.2, 0.25) is 5.02 Å². The average Bonchev–Trinajstić information content (AvgIpc) is 2.81. The molecule has 3 aromatic carbocycles. The Kier molecular flexibility index (Phi) is 8.63. The molecule has 0 aliphatic heterocycles. The molecule has 0 atom stereocenters. The molecule has 3 rings (SSSR count). The van der Waals surface area contributed by atoms with Crippen molar-refractivity contribution in [3.8, 4) is 17.2 Å². The number of nitrogens with one attached hydrogen (secondary N) is 2. The standard InChI is InChI=1S/C24H22ClN3O4S/c1-3-31-22-14-16(4-13-21(22)32-23(29)17-5-7-18(25)8-6-17)15-26-28-24(33)27-19-9-11-20(30-2)12-10-19/h4-15H,3H2,1-2H3,(H2,27,28,33)/b26-15-. The maximum atomic E-state index is 12.4. The lowest BCUT2D eigenvalue weighted by Crippen LogP contribution is -2.23. The Morgan fingerprint density at radius 1 is 1.06 bits per heavy atom. The zero-order valence-electron chi connectivity index (χ0n) is 18.0. The number of methoxy groups -OCH3 is 1. The third-order valence-corrected chi connectivity index (χ3v) is 4.72. The summed E-state index contributed by atoms with van der Waals surface area (Å²) in [4.78, 5) is 12.4. The van der Waals surface area contributed by atoms with E-state index in [0.29, 0.717) is 33.8 Å². The van der Waals surface area contributed by atoms with Crippen LogP contribution in [-0.2, 0) is 0 Å². The summed E-state index contributed by atoms with van der Waals surface area (Å²) in [5, 5.41) is 8.03. The van der Waals surface area contributed by atoms with E-state index in [0.717, 1.165) is 17.0 Å². The van der Waals surface area contributed by atoms with Gasteiger partial charge in [0.25, 0.3) is 0 Å². The number of rotatable bonds is 8. The van der Waals surface area contributed by atoms with Crippen LogP contribution in [0.5, 0.6) is 17.2 Å². The number of halogens is 1. The molecule has 0 unspecified atom stereocenters. The Hall–Kier alpha value is -3.62. The summed E-state index contributed by atoms with van der Waals surface area (Å²) < 4.78 is 16.3. The molecule has 0 heterocycles. The van der Waals surface area contributed by atoms with Gasteiger partial charge in [0, 0.05) is 10.7 Å². The first-order chi connectivity index (χ1) is 16.0. The number of hydrogen-bond acceptors (Lipinski definition) is 6. The van der Waals surface area contributed by atoms with Gasteiger partial charge in [0.05, 0.1) is 25.5 Å². The molecule has 0 saturated heterocycles. The number of esters is 1. The summed E-state index contributed by atoms with van der Waals surface area (Å²) in [5.74, 6) is 0.969. The summed E-state index contributed by atoms with van der Waals surface area (Å²) in [6.45, 7) is 2.25. The van der Waals surface area contributed by atoms with Gasteiger partial charge < -0.3 is 19.5 Å². The second-order valence-electron chi connectivity index (χ2n) is 6.59. The molecule has 0 aromatic heterocycles. The molecule has 170 valence electrons. The van der Waals surface area contributed by atoms with Gasteiger partial charge in [0.1, 0.15) is 5.75 Å². The molecular formula is C24H22ClN3O4S. The highest BCUT2D eigenvalue weighted by Gasteiger charge is 2.13. The van der Waals surface area contributed by atoms with E-state index in [1.807, 2.05) is 31.2 Å². The van der Waals surface area contributed by atoms with Gasteiger partial charge in [-0.15, -0.1) is 0 Å². The average molecular weight is 484 g/mol. The van der Waals surface area contributed by atoms with Crippen LogP contribution < -0.4 is 25.0 Å². The molecule has 0 saturated carbocycles. The van der Waals surface area contributed by atoms with E-state index in [4.69, 9.17) is 38.0 Å². The van der Waals surface area contributed by atoms with E-state index in [1.165, 1.54) is 0 Å². The first kappa shape index (κ1) is 24.0. The topological polar surface area (TPSA) is 81.2 Å². The molecule has 0 aliphatic rings. The number of ether oxygens (including phenoxy) is 3. The summed E-state index contributed by atoms with van der Waals surface area (Å²) in [6, 6.07) is 18.9. The van der Waals surface area contributed by atoms with Crippen molar-refractivity contribution in [1.82, 2.24) is 5.43 Å². The smallest absolute Gasteiger partial charge is 0.343 e.